The molecule has 0 aromatic carbocycles. The van der Waals surface area contributed by atoms with E-state index in [1.165, 1.54) is 0 Å². The maximum absolute atomic E-state index is 13.4. The topological polar surface area (TPSA) is 94.1 Å². The van der Waals surface area contributed by atoms with Crippen LogP contribution in [0.15, 0.2) is 12.2 Å². The highest BCUT2D eigenvalue weighted by atomic mass is 28.4. The van der Waals surface area contributed by atoms with E-state index in [2.05, 4.69) is 39.1 Å². The number of carboxylic acids is 1. The first-order valence-electron chi connectivity index (χ1n) is 11.8. The summed E-state index contributed by atoms with van der Waals surface area (Å²) < 4.78 is 17.2. The van der Waals surface area contributed by atoms with Gasteiger partial charge >= 0.3 is 14.8 Å². The Morgan fingerprint density at radius 2 is 1.75 bits per heavy atom. The highest BCUT2D eigenvalue weighted by molar-refractivity contribution is 6.60. The maximum Gasteiger partial charge on any atom is 0.500 e. The molecule has 1 aliphatic carbocycles. The molecule has 8 heteroatoms. The van der Waals surface area contributed by atoms with Crippen LogP contribution in [0.5, 0.6) is 0 Å². The number of hydrogen-bond acceptors (Lipinski definition) is 5. The molecule has 1 amide bonds. The summed E-state index contributed by atoms with van der Waals surface area (Å²) in [6, 6.07) is 0.588. The van der Waals surface area contributed by atoms with Gasteiger partial charge in [-0.3, -0.25) is 9.59 Å². The third-order valence-electron chi connectivity index (χ3n) is 7.20. The molecule has 3 atom stereocenters. The number of amides is 1. The van der Waals surface area contributed by atoms with Crippen LogP contribution in [0.2, 0.25) is 6.04 Å². The van der Waals surface area contributed by atoms with Crippen molar-refractivity contribution in [2.45, 2.75) is 67.9 Å². The fourth-order valence-electron chi connectivity index (χ4n) is 4.61. The lowest BCUT2D eigenvalue weighted by atomic mass is 9.55. The third kappa shape index (κ3) is 6.65. The quantitative estimate of drug-likeness (QED) is 0.235. The fourth-order valence-corrected chi connectivity index (χ4v) is 6.91. The number of carbonyl (C=O) groups is 2. The lowest BCUT2D eigenvalue weighted by Gasteiger charge is -2.48. The van der Waals surface area contributed by atoms with Crippen LogP contribution in [-0.2, 0) is 22.9 Å². The van der Waals surface area contributed by atoms with Crippen molar-refractivity contribution in [1.82, 2.24) is 5.32 Å². The van der Waals surface area contributed by atoms with Crippen molar-refractivity contribution in [3.05, 3.63) is 12.2 Å². The van der Waals surface area contributed by atoms with Crippen LogP contribution in [-0.4, -0.2) is 52.7 Å². The van der Waals surface area contributed by atoms with Gasteiger partial charge in [-0.2, -0.15) is 0 Å². The van der Waals surface area contributed by atoms with Crippen molar-refractivity contribution < 1.29 is 28.0 Å². The molecule has 0 aliphatic heterocycles. The number of hydrogen-bond donors (Lipinski definition) is 2. The van der Waals surface area contributed by atoms with Crippen molar-refractivity contribution in [3.8, 4) is 0 Å². The SMILES string of the molecule is CCO[Si](CCCNC(=O)C1C(C(=O)O)C(C)(C)C=CC1C(C)(C)C(C)C)(OC)OCC. The second-order valence-electron chi connectivity index (χ2n) is 10.2. The maximum atomic E-state index is 13.4. The summed E-state index contributed by atoms with van der Waals surface area (Å²) in [6.45, 7) is 17.5. The zero-order valence-electron chi connectivity index (χ0n) is 21.5. The van der Waals surface area contributed by atoms with Gasteiger partial charge in [0.25, 0.3) is 0 Å². The highest BCUT2D eigenvalue weighted by Crippen LogP contribution is 2.50. The van der Waals surface area contributed by atoms with Crippen LogP contribution < -0.4 is 5.32 Å². The van der Waals surface area contributed by atoms with E-state index in [1.54, 1.807) is 7.11 Å². The standard InChI is InChI=1S/C24H45NO6Si/c1-10-30-32(29-9,31-11-2)16-12-15-25-21(26)19-18(24(7,8)17(3)4)13-14-23(5,6)20(19)22(27)28/h13-14,17-20H,10-12,15-16H2,1-9H3,(H,25,26)(H,27,28). The zero-order valence-corrected chi connectivity index (χ0v) is 22.5. The molecular weight excluding hydrogens is 426 g/mol. The zero-order chi connectivity index (χ0) is 24.7. The summed E-state index contributed by atoms with van der Waals surface area (Å²) in [7, 11) is -1.15. The summed E-state index contributed by atoms with van der Waals surface area (Å²) >= 11 is 0. The van der Waals surface area contributed by atoms with Crippen LogP contribution >= 0.6 is 0 Å². The second-order valence-corrected chi connectivity index (χ2v) is 13.0. The number of rotatable bonds is 13. The molecule has 7 nitrogen and oxygen atoms in total. The molecule has 0 spiro atoms. The summed E-state index contributed by atoms with van der Waals surface area (Å²) in [5.41, 5.74) is -0.843. The molecule has 32 heavy (non-hydrogen) atoms. The third-order valence-corrected chi connectivity index (χ3v) is 10.2. The molecule has 186 valence electrons. The van der Waals surface area contributed by atoms with E-state index in [1.807, 2.05) is 33.8 Å². The van der Waals surface area contributed by atoms with E-state index in [4.69, 9.17) is 13.3 Å². The monoisotopic (exact) mass is 471 g/mol. The van der Waals surface area contributed by atoms with Crippen LogP contribution in [0.3, 0.4) is 0 Å². The van der Waals surface area contributed by atoms with E-state index in [-0.39, 0.29) is 23.2 Å². The predicted molar refractivity (Wildman–Crippen MR) is 128 cm³/mol. The van der Waals surface area contributed by atoms with Gasteiger partial charge in [-0.1, -0.05) is 53.7 Å². The van der Waals surface area contributed by atoms with Crippen LogP contribution in [0.1, 0.15) is 61.8 Å². The Labute approximate surface area is 195 Å². The average Bonchev–Trinajstić information content (AvgIpc) is 2.69. The molecule has 0 aromatic rings. The highest BCUT2D eigenvalue weighted by Gasteiger charge is 2.52. The number of carbonyl (C=O) groups excluding carboxylic acids is 1. The minimum absolute atomic E-state index is 0.170. The van der Waals surface area contributed by atoms with Gasteiger partial charge < -0.3 is 23.7 Å². The first kappa shape index (κ1) is 28.8. The molecule has 2 N–H and O–H groups in total. The Morgan fingerprint density at radius 3 is 2.19 bits per heavy atom. The summed E-state index contributed by atoms with van der Waals surface area (Å²) in [6.07, 6.45) is 4.68. The summed E-state index contributed by atoms with van der Waals surface area (Å²) in [4.78, 5) is 25.7. The first-order chi connectivity index (χ1) is 14.8. The lowest BCUT2D eigenvalue weighted by Crippen LogP contribution is -2.53. The molecule has 3 unspecified atom stereocenters. The molecule has 0 fully saturated rings. The minimum atomic E-state index is -2.75. The van der Waals surface area contributed by atoms with Gasteiger partial charge in [-0.05, 0) is 42.9 Å². The van der Waals surface area contributed by atoms with E-state index >= 15 is 0 Å². The molecule has 0 radical (unpaired) electrons. The van der Waals surface area contributed by atoms with Crippen molar-refractivity contribution >= 4 is 20.7 Å². The summed E-state index contributed by atoms with van der Waals surface area (Å²) in [5.74, 6) is -2.46. The number of carboxylic acid groups (broad SMARTS) is 1. The molecule has 0 aromatic heterocycles. The molecule has 0 bridgehead atoms. The van der Waals surface area contributed by atoms with Gasteiger partial charge in [0.05, 0.1) is 11.8 Å². The lowest BCUT2D eigenvalue weighted by molar-refractivity contribution is -0.155. The first-order valence-corrected chi connectivity index (χ1v) is 13.8. The number of allylic oxidation sites excluding steroid dienone is 2. The smallest absolute Gasteiger partial charge is 0.481 e. The molecule has 0 heterocycles. The Bertz CT molecular complexity index is 655. The van der Waals surface area contributed by atoms with E-state index in [0.717, 1.165) is 0 Å². The van der Waals surface area contributed by atoms with Gasteiger partial charge in [0, 0.05) is 32.9 Å². The van der Waals surface area contributed by atoms with Crippen molar-refractivity contribution in [2.24, 2.45) is 34.5 Å². The van der Waals surface area contributed by atoms with Gasteiger partial charge in [-0.15, -0.1) is 0 Å². The van der Waals surface area contributed by atoms with Gasteiger partial charge in [-0.25, -0.2) is 0 Å². The minimum Gasteiger partial charge on any atom is -0.481 e. The van der Waals surface area contributed by atoms with Gasteiger partial charge in [0.2, 0.25) is 5.91 Å². The van der Waals surface area contributed by atoms with Crippen molar-refractivity contribution in [2.75, 3.05) is 26.9 Å². The number of aliphatic carboxylic acids is 1. The Balaban J connectivity index is 3.04. The Hall–Kier alpha value is -1.22. The Morgan fingerprint density at radius 1 is 1.19 bits per heavy atom. The van der Waals surface area contributed by atoms with Crippen LogP contribution in [0, 0.1) is 34.5 Å². The molecule has 1 aliphatic rings. The van der Waals surface area contributed by atoms with E-state index in [9.17, 15) is 14.7 Å². The van der Waals surface area contributed by atoms with E-state index in [0.29, 0.717) is 32.2 Å². The second kappa shape index (κ2) is 11.8. The normalized spacial score (nSPS) is 23.4. The van der Waals surface area contributed by atoms with Crippen LogP contribution in [0.25, 0.3) is 0 Å². The van der Waals surface area contributed by atoms with Crippen molar-refractivity contribution in [3.63, 3.8) is 0 Å². The average molecular weight is 472 g/mol. The van der Waals surface area contributed by atoms with Gasteiger partial charge in [0.15, 0.2) is 0 Å². The largest absolute Gasteiger partial charge is 0.500 e. The fraction of sp³-hybridized carbons (Fsp3) is 0.833. The Kier molecular flexibility index (Phi) is 10.6. The molecular formula is C24H45NO6Si. The van der Waals surface area contributed by atoms with Crippen molar-refractivity contribution in [1.29, 1.82) is 0 Å². The summed E-state index contributed by atoms with van der Waals surface area (Å²) in [5, 5.41) is 13.1. The molecule has 0 saturated heterocycles. The molecule has 1 rings (SSSR count). The van der Waals surface area contributed by atoms with Gasteiger partial charge in [0.1, 0.15) is 0 Å². The van der Waals surface area contributed by atoms with Crippen LogP contribution in [0.4, 0.5) is 0 Å². The number of nitrogens with one attached hydrogen (secondary N) is 1. The predicted octanol–water partition coefficient (Wildman–Crippen LogP) is 4.36. The molecule has 0 saturated carbocycles. The van der Waals surface area contributed by atoms with E-state index < -0.39 is 32.0 Å².